The molecule has 0 bridgehead atoms. The highest BCUT2D eigenvalue weighted by Gasteiger charge is 2.17. The molecule has 316 valence electrons. The standard InChI is InChI=1S/C23H19ClN6O3.C23H22N6O/c24-22-19-8-9-25-20(15-2-1-3-18(14-15)30(31)32)21(19)27-23(28-22)26-16-4-6-17(7-5-16)29-10-12-33-13-11-29;24-18-3-1-2-16(14-18)21-22-17(8-9-25-21)15-26-23(28-22)27-19-4-6-20(7-5-19)29-10-12-30-13-11-29/h1-9,14H,10-13H2,(H,26,27,28);1-9,14-15H,10-13,24H2,(H,26,27,28). The number of nitrogen functional groups attached to an aromatic ring is 1. The van der Waals surface area contributed by atoms with E-state index in [1.807, 2.05) is 72.9 Å². The van der Waals surface area contributed by atoms with E-state index in [4.69, 9.17) is 31.8 Å². The molecule has 0 atom stereocenters. The highest BCUT2D eigenvalue weighted by atomic mass is 35.5. The molecule has 8 aromatic rings. The Morgan fingerprint density at radius 2 is 1.19 bits per heavy atom. The number of hydrogen-bond donors (Lipinski definition) is 3. The number of aromatic nitrogens is 6. The lowest BCUT2D eigenvalue weighted by atomic mass is 10.1. The van der Waals surface area contributed by atoms with Crippen LogP contribution in [0.4, 0.5) is 46.0 Å². The van der Waals surface area contributed by atoms with E-state index in [0.717, 1.165) is 91.8 Å². The van der Waals surface area contributed by atoms with Crippen molar-refractivity contribution in [3.63, 3.8) is 0 Å². The molecule has 16 nitrogen and oxygen atoms in total. The van der Waals surface area contributed by atoms with E-state index in [9.17, 15) is 10.1 Å². The maximum atomic E-state index is 11.2. The molecule has 63 heavy (non-hydrogen) atoms. The van der Waals surface area contributed by atoms with Crippen LogP contribution in [0.2, 0.25) is 5.15 Å². The first-order chi connectivity index (χ1) is 30.8. The molecule has 6 heterocycles. The van der Waals surface area contributed by atoms with Crippen LogP contribution < -0.4 is 26.2 Å². The maximum absolute atomic E-state index is 11.2. The summed E-state index contributed by atoms with van der Waals surface area (Å²) in [6.07, 6.45) is 5.16. The Kier molecular flexibility index (Phi) is 12.1. The Morgan fingerprint density at radius 3 is 1.81 bits per heavy atom. The molecule has 2 fully saturated rings. The number of rotatable bonds is 9. The molecule has 17 heteroatoms. The van der Waals surface area contributed by atoms with Gasteiger partial charge in [0.05, 0.1) is 42.7 Å². The Hall–Kier alpha value is -7.53. The Bertz CT molecular complexity index is 2890. The third-order valence-electron chi connectivity index (χ3n) is 10.6. The van der Waals surface area contributed by atoms with E-state index >= 15 is 0 Å². The summed E-state index contributed by atoms with van der Waals surface area (Å²) in [5, 5.41) is 19.5. The smallest absolute Gasteiger partial charge is 0.270 e. The number of morpholine rings is 2. The van der Waals surface area contributed by atoms with Gasteiger partial charge in [-0.25, -0.2) is 19.9 Å². The van der Waals surface area contributed by atoms with Gasteiger partial charge in [-0.1, -0.05) is 35.9 Å². The van der Waals surface area contributed by atoms with Gasteiger partial charge in [0.1, 0.15) is 16.2 Å². The average molecular weight is 861 g/mol. The van der Waals surface area contributed by atoms with Crippen LogP contribution in [0, 0.1) is 10.1 Å². The molecule has 4 aromatic heterocycles. The third kappa shape index (κ3) is 9.53. The van der Waals surface area contributed by atoms with Gasteiger partial charge in [-0.2, -0.15) is 0 Å². The third-order valence-corrected chi connectivity index (χ3v) is 10.8. The van der Waals surface area contributed by atoms with Crippen molar-refractivity contribution in [1.29, 1.82) is 0 Å². The van der Waals surface area contributed by atoms with E-state index in [2.05, 4.69) is 57.5 Å². The van der Waals surface area contributed by atoms with Gasteiger partial charge in [0.15, 0.2) is 0 Å². The van der Waals surface area contributed by atoms with Gasteiger partial charge < -0.3 is 35.6 Å². The van der Waals surface area contributed by atoms with E-state index < -0.39 is 4.92 Å². The number of pyridine rings is 2. The fraction of sp³-hybridized carbons (Fsp3) is 0.174. The second-order valence-electron chi connectivity index (χ2n) is 14.7. The first-order valence-electron chi connectivity index (χ1n) is 20.3. The molecule has 10 rings (SSSR count). The van der Waals surface area contributed by atoms with Crippen LogP contribution in [0.1, 0.15) is 0 Å². The van der Waals surface area contributed by atoms with Crippen molar-refractivity contribution in [3.05, 3.63) is 143 Å². The number of ether oxygens (including phenoxy) is 2. The van der Waals surface area contributed by atoms with Gasteiger partial charge in [0.2, 0.25) is 11.9 Å². The first-order valence-corrected chi connectivity index (χ1v) is 20.7. The summed E-state index contributed by atoms with van der Waals surface area (Å²) in [6.45, 7) is 6.56. The van der Waals surface area contributed by atoms with Gasteiger partial charge in [0.25, 0.3) is 5.69 Å². The molecule has 2 saturated heterocycles. The van der Waals surface area contributed by atoms with Crippen LogP contribution in [0.3, 0.4) is 0 Å². The SMILES string of the molecule is Nc1cccc(-c2nccc3cnc(Nc4ccc(N5CCOCC5)cc4)nc23)c1.O=[N+]([O-])c1cccc(-c2nccc3c(Cl)nc(Nc4ccc(N5CCOCC5)cc4)nc23)c1. The topological polar surface area (TPSA) is 195 Å². The monoisotopic (exact) mass is 860 g/mol. The van der Waals surface area contributed by atoms with Crippen molar-refractivity contribution in [3.8, 4) is 22.5 Å². The van der Waals surface area contributed by atoms with Gasteiger partial charge >= 0.3 is 0 Å². The van der Waals surface area contributed by atoms with E-state index in [-0.39, 0.29) is 10.8 Å². The molecule has 0 unspecified atom stereocenters. The molecule has 0 saturated carbocycles. The number of non-ortho nitro benzene ring substituents is 1. The zero-order valence-electron chi connectivity index (χ0n) is 33.9. The summed E-state index contributed by atoms with van der Waals surface area (Å²) in [4.78, 5) is 42.5. The zero-order chi connectivity index (χ0) is 43.1. The number of nitrogens with one attached hydrogen (secondary N) is 2. The lowest BCUT2D eigenvalue weighted by Gasteiger charge is -2.28. The molecule has 2 aliphatic rings. The molecule has 0 amide bonds. The Labute approximate surface area is 366 Å². The molecule has 4 N–H and O–H groups in total. The van der Waals surface area contributed by atoms with E-state index in [1.54, 1.807) is 30.6 Å². The summed E-state index contributed by atoms with van der Waals surface area (Å²) in [6, 6.07) is 33.8. The molecule has 4 aromatic carbocycles. The number of fused-ring (bicyclic) bond motifs is 2. The van der Waals surface area contributed by atoms with Gasteiger partial charge in [0, 0.05) is 107 Å². The number of nitrogens with two attached hydrogens (primary N) is 1. The van der Waals surface area contributed by atoms with Crippen molar-refractivity contribution < 1.29 is 14.4 Å². The normalized spacial score (nSPS) is 13.9. The Morgan fingerprint density at radius 1 is 0.635 bits per heavy atom. The summed E-state index contributed by atoms with van der Waals surface area (Å²) in [5.74, 6) is 0.839. The number of benzene rings is 4. The zero-order valence-corrected chi connectivity index (χ0v) is 34.7. The van der Waals surface area contributed by atoms with Crippen LogP contribution in [-0.2, 0) is 9.47 Å². The summed E-state index contributed by atoms with van der Waals surface area (Å²) < 4.78 is 10.8. The van der Waals surface area contributed by atoms with Crippen molar-refractivity contribution >= 4 is 79.4 Å². The largest absolute Gasteiger partial charge is 0.399 e. The Balaban J connectivity index is 0.000000161. The van der Waals surface area contributed by atoms with Crippen LogP contribution in [-0.4, -0.2) is 87.4 Å². The quantitative estimate of drug-likeness (QED) is 0.0539. The molecule has 0 aliphatic carbocycles. The molecule has 0 spiro atoms. The fourth-order valence-electron chi connectivity index (χ4n) is 7.38. The number of nitrogens with zero attached hydrogens (tertiary/aromatic N) is 9. The van der Waals surface area contributed by atoms with E-state index in [1.165, 1.54) is 17.8 Å². The fourth-order valence-corrected chi connectivity index (χ4v) is 7.61. The molecular formula is C46H41ClN12O4. The first kappa shape index (κ1) is 40.9. The predicted octanol–water partition coefficient (Wildman–Crippen LogP) is 8.69. The second-order valence-corrected chi connectivity index (χ2v) is 15.0. The molecular weight excluding hydrogens is 820 g/mol. The van der Waals surface area contributed by atoms with Crippen molar-refractivity contribution in [1.82, 2.24) is 29.9 Å². The highest BCUT2D eigenvalue weighted by molar-refractivity contribution is 6.34. The van der Waals surface area contributed by atoms with Crippen LogP contribution in [0.15, 0.2) is 128 Å². The lowest BCUT2D eigenvalue weighted by molar-refractivity contribution is -0.384. The second kappa shape index (κ2) is 18.6. The summed E-state index contributed by atoms with van der Waals surface area (Å²) in [7, 11) is 0. The summed E-state index contributed by atoms with van der Waals surface area (Å²) in [5.41, 5.74) is 14.7. The molecule has 2 aliphatic heterocycles. The number of nitro groups is 1. The van der Waals surface area contributed by atoms with Crippen LogP contribution in [0.25, 0.3) is 44.3 Å². The number of halogens is 1. The highest BCUT2D eigenvalue weighted by Crippen LogP contribution is 2.33. The number of hydrogen-bond acceptors (Lipinski definition) is 15. The molecule has 0 radical (unpaired) electrons. The lowest BCUT2D eigenvalue weighted by Crippen LogP contribution is -2.36. The minimum Gasteiger partial charge on any atom is -0.399 e. The minimum absolute atomic E-state index is 0.0230. The minimum atomic E-state index is -0.440. The van der Waals surface area contributed by atoms with Gasteiger partial charge in [-0.3, -0.25) is 20.1 Å². The maximum Gasteiger partial charge on any atom is 0.270 e. The van der Waals surface area contributed by atoms with Gasteiger partial charge in [-0.05, 0) is 72.8 Å². The van der Waals surface area contributed by atoms with Crippen LogP contribution >= 0.6 is 11.6 Å². The van der Waals surface area contributed by atoms with Crippen LogP contribution in [0.5, 0.6) is 0 Å². The average Bonchev–Trinajstić information content (AvgIpc) is 3.32. The van der Waals surface area contributed by atoms with E-state index in [0.29, 0.717) is 39.7 Å². The predicted molar refractivity (Wildman–Crippen MR) is 247 cm³/mol. The number of nitro benzene ring substituents is 1. The van der Waals surface area contributed by atoms with Crippen molar-refractivity contribution in [2.45, 2.75) is 0 Å². The van der Waals surface area contributed by atoms with Crippen molar-refractivity contribution in [2.24, 2.45) is 0 Å². The summed E-state index contributed by atoms with van der Waals surface area (Å²) >= 11 is 6.45. The van der Waals surface area contributed by atoms with Crippen molar-refractivity contribution in [2.75, 3.05) is 78.8 Å². The van der Waals surface area contributed by atoms with Gasteiger partial charge in [-0.15, -0.1) is 0 Å². The number of anilines is 7.